The highest BCUT2D eigenvalue weighted by atomic mass is 16.4. The molecule has 0 saturated heterocycles. The number of nitrogens with zero attached hydrogens (tertiary/aromatic N) is 1. The second-order valence-corrected chi connectivity index (χ2v) is 16.6. The SMILES string of the molecule is CC(C)C[C@@H](NC(=O)[C@H](CC(=O)N(C)[C@@H](CN)c1ccccc1)Cc1ccccc1)C(=O)C[C@H](CCCCN)C(=O)C1CCC2(CC1)CC(N)(C(=O)O)C2. The van der Waals surface area contributed by atoms with Gasteiger partial charge in [0, 0.05) is 38.3 Å². The number of likely N-dealkylation sites (N-methyl/N-ethyl adjacent to an activating group) is 1. The van der Waals surface area contributed by atoms with Crippen LogP contribution in [0.25, 0.3) is 0 Å². The highest BCUT2D eigenvalue weighted by molar-refractivity contribution is 5.95. The van der Waals surface area contributed by atoms with E-state index >= 15 is 0 Å². The lowest BCUT2D eigenvalue weighted by Crippen LogP contribution is -2.63. The molecule has 2 aliphatic carbocycles. The smallest absolute Gasteiger partial charge is 0.323 e. The minimum atomic E-state index is -1.18. The van der Waals surface area contributed by atoms with E-state index in [1.54, 1.807) is 11.9 Å². The standard InChI is InChI=1S/C43H63N5O6/c1-29(2)22-35(37(49)24-33(16-10-11-21-44)39(51)32-17-19-42(20-18-32)27-43(46,28-42)41(53)54)47-40(52)34(23-30-12-6-4-7-13-30)25-38(50)48(3)36(26-45)31-14-8-5-9-15-31/h4-9,12-15,29,32-36H,10-11,16-28,44-46H2,1-3H3,(H,47,52)(H,53,54)/t32?,33-,34-,35+,36-,42?,43?/m0/s1. The number of benzene rings is 2. The summed E-state index contributed by atoms with van der Waals surface area (Å²) in [4.78, 5) is 69.5. The summed E-state index contributed by atoms with van der Waals surface area (Å²) in [6.45, 7) is 4.70. The second-order valence-electron chi connectivity index (χ2n) is 16.6. The van der Waals surface area contributed by atoms with Crippen LogP contribution in [0.3, 0.4) is 0 Å². The molecule has 8 N–H and O–H groups in total. The molecular formula is C43H63N5O6. The van der Waals surface area contributed by atoms with E-state index in [-0.39, 0.29) is 66.1 Å². The minimum Gasteiger partial charge on any atom is -0.480 e. The summed E-state index contributed by atoms with van der Waals surface area (Å²) in [5.74, 6) is -3.03. The predicted octanol–water partition coefficient (Wildman–Crippen LogP) is 4.95. The Labute approximate surface area is 321 Å². The molecule has 0 aromatic heterocycles. The van der Waals surface area contributed by atoms with Gasteiger partial charge in [0.1, 0.15) is 11.3 Å². The molecule has 0 bridgehead atoms. The first kappa shape index (κ1) is 42.8. The normalized spacial score (nSPS) is 23.1. The Hall–Kier alpha value is -3.93. The molecule has 11 heteroatoms. The van der Waals surface area contributed by atoms with E-state index in [0.29, 0.717) is 57.9 Å². The van der Waals surface area contributed by atoms with Gasteiger partial charge in [0.05, 0.1) is 18.0 Å². The maximum Gasteiger partial charge on any atom is 0.323 e. The molecule has 2 aromatic carbocycles. The van der Waals surface area contributed by atoms with Gasteiger partial charge in [-0.3, -0.25) is 24.0 Å². The van der Waals surface area contributed by atoms with Gasteiger partial charge in [0.15, 0.2) is 5.78 Å². The number of hydrogen-bond donors (Lipinski definition) is 5. The van der Waals surface area contributed by atoms with Crippen LogP contribution in [0.2, 0.25) is 0 Å². The fraction of sp³-hybridized carbons (Fsp3) is 0.605. The number of amides is 2. The van der Waals surface area contributed by atoms with Crippen LogP contribution >= 0.6 is 0 Å². The summed E-state index contributed by atoms with van der Waals surface area (Å²) in [6, 6.07) is 17.9. The summed E-state index contributed by atoms with van der Waals surface area (Å²) >= 11 is 0. The number of Topliss-reactive ketones (excluding diaryl/α,β-unsaturated/α-hetero) is 2. The van der Waals surface area contributed by atoms with Crippen molar-refractivity contribution in [1.29, 1.82) is 0 Å². The fourth-order valence-corrected chi connectivity index (χ4v) is 8.81. The molecule has 296 valence electrons. The van der Waals surface area contributed by atoms with Gasteiger partial charge in [-0.15, -0.1) is 0 Å². The summed E-state index contributed by atoms with van der Waals surface area (Å²) in [7, 11) is 1.71. The quantitative estimate of drug-likeness (QED) is 0.110. The van der Waals surface area contributed by atoms with Gasteiger partial charge in [-0.1, -0.05) is 80.9 Å². The van der Waals surface area contributed by atoms with E-state index < -0.39 is 29.4 Å². The molecule has 0 unspecified atom stereocenters. The molecule has 0 radical (unpaired) electrons. The van der Waals surface area contributed by atoms with Crippen molar-refractivity contribution in [3.63, 3.8) is 0 Å². The lowest BCUT2D eigenvalue weighted by Gasteiger charge is -2.55. The largest absolute Gasteiger partial charge is 0.480 e. The van der Waals surface area contributed by atoms with Gasteiger partial charge >= 0.3 is 5.97 Å². The average molecular weight is 746 g/mol. The van der Waals surface area contributed by atoms with Gasteiger partial charge < -0.3 is 32.5 Å². The minimum absolute atomic E-state index is 0.0217. The van der Waals surface area contributed by atoms with E-state index in [9.17, 15) is 29.1 Å². The zero-order valence-corrected chi connectivity index (χ0v) is 32.5. The molecule has 2 saturated carbocycles. The molecule has 2 fully saturated rings. The number of nitrogens with two attached hydrogens (primary N) is 3. The Morgan fingerprint density at radius 3 is 2.06 bits per heavy atom. The van der Waals surface area contributed by atoms with E-state index in [1.165, 1.54) is 0 Å². The summed E-state index contributed by atoms with van der Waals surface area (Å²) in [6.07, 6.45) is 6.34. The maximum atomic E-state index is 14.2. The number of carboxylic acids is 1. The number of nitrogens with one attached hydrogen (secondary N) is 1. The van der Waals surface area contributed by atoms with Crippen LogP contribution in [0.5, 0.6) is 0 Å². The van der Waals surface area contributed by atoms with Crippen LogP contribution in [-0.4, -0.2) is 71.1 Å². The van der Waals surface area contributed by atoms with Crippen LogP contribution in [0.1, 0.15) is 108 Å². The van der Waals surface area contributed by atoms with Crippen molar-refractivity contribution in [3.05, 3.63) is 71.8 Å². The van der Waals surface area contributed by atoms with Gasteiger partial charge in [0.25, 0.3) is 0 Å². The molecule has 11 nitrogen and oxygen atoms in total. The Morgan fingerprint density at radius 2 is 1.50 bits per heavy atom. The van der Waals surface area contributed by atoms with Crippen molar-refractivity contribution >= 4 is 29.4 Å². The summed E-state index contributed by atoms with van der Waals surface area (Å²) in [5.41, 5.74) is 18.5. The molecule has 4 atom stereocenters. The van der Waals surface area contributed by atoms with Crippen LogP contribution in [0, 0.1) is 29.1 Å². The topological polar surface area (TPSA) is 199 Å². The molecule has 0 aliphatic heterocycles. The third kappa shape index (κ3) is 11.3. The van der Waals surface area contributed by atoms with Crippen LogP contribution in [0.4, 0.5) is 0 Å². The van der Waals surface area contributed by atoms with E-state index in [4.69, 9.17) is 17.2 Å². The van der Waals surface area contributed by atoms with Crippen molar-refractivity contribution in [1.82, 2.24) is 10.2 Å². The first-order valence-corrected chi connectivity index (χ1v) is 19.8. The third-order valence-electron chi connectivity index (χ3n) is 11.9. The molecular weight excluding hydrogens is 683 g/mol. The van der Waals surface area contributed by atoms with Gasteiger partial charge in [-0.2, -0.15) is 0 Å². The average Bonchev–Trinajstić information content (AvgIpc) is 3.14. The number of unbranched alkanes of at least 4 members (excludes halogenated alkanes) is 1. The molecule has 1 spiro atoms. The van der Waals surface area contributed by atoms with Crippen LogP contribution < -0.4 is 22.5 Å². The Balaban J connectivity index is 1.48. The van der Waals surface area contributed by atoms with Crippen molar-refractivity contribution in [2.45, 2.75) is 115 Å². The Bertz CT molecular complexity index is 1550. The maximum absolute atomic E-state index is 14.2. The van der Waals surface area contributed by atoms with E-state index in [1.807, 2.05) is 74.5 Å². The monoisotopic (exact) mass is 745 g/mol. The van der Waals surface area contributed by atoms with Gasteiger partial charge in [-0.25, -0.2) is 0 Å². The Kier molecular flexibility index (Phi) is 15.5. The van der Waals surface area contributed by atoms with Crippen molar-refractivity contribution in [2.24, 2.45) is 46.3 Å². The van der Waals surface area contributed by atoms with Crippen molar-refractivity contribution in [3.8, 4) is 0 Å². The molecule has 2 aliphatic rings. The zero-order valence-electron chi connectivity index (χ0n) is 32.5. The highest BCUT2D eigenvalue weighted by Crippen LogP contribution is 2.57. The number of ketones is 2. The number of carbonyl (C=O) groups is 5. The summed E-state index contributed by atoms with van der Waals surface area (Å²) in [5, 5.41) is 12.6. The van der Waals surface area contributed by atoms with Crippen molar-refractivity contribution in [2.75, 3.05) is 20.1 Å². The number of carbonyl (C=O) groups excluding carboxylic acids is 4. The van der Waals surface area contributed by atoms with E-state index in [2.05, 4.69) is 5.32 Å². The number of carboxylic acid groups (broad SMARTS) is 1. The molecule has 54 heavy (non-hydrogen) atoms. The third-order valence-corrected chi connectivity index (χ3v) is 11.9. The van der Waals surface area contributed by atoms with Crippen LogP contribution in [0.15, 0.2) is 60.7 Å². The molecule has 2 aromatic rings. The summed E-state index contributed by atoms with van der Waals surface area (Å²) < 4.78 is 0. The van der Waals surface area contributed by atoms with Gasteiger partial charge in [0.2, 0.25) is 11.8 Å². The van der Waals surface area contributed by atoms with Crippen molar-refractivity contribution < 1.29 is 29.1 Å². The zero-order chi connectivity index (χ0) is 39.5. The highest BCUT2D eigenvalue weighted by Gasteiger charge is 2.57. The molecule has 0 heterocycles. The number of rotatable bonds is 21. The number of aliphatic carboxylic acids is 1. The molecule has 4 rings (SSSR count). The van der Waals surface area contributed by atoms with Gasteiger partial charge in [-0.05, 0) is 93.2 Å². The predicted molar refractivity (Wildman–Crippen MR) is 210 cm³/mol. The lowest BCUT2D eigenvalue weighted by atomic mass is 9.51. The Morgan fingerprint density at radius 1 is 0.889 bits per heavy atom. The lowest BCUT2D eigenvalue weighted by molar-refractivity contribution is -0.156. The first-order valence-electron chi connectivity index (χ1n) is 19.8. The number of hydrogen-bond acceptors (Lipinski definition) is 8. The fourth-order valence-electron chi connectivity index (χ4n) is 8.81. The van der Waals surface area contributed by atoms with E-state index in [0.717, 1.165) is 30.4 Å². The molecule has 2 amide bonds. The second kappa shape index (κ2) is 19.6. The van der Waals surface area contributed by atoms with Crippen LogP contribution in [-0.2, 0) is 30.4 Å². The first-order chi connectivity index (χ1) is 25.7.